The van der Waals surface area contributed by atoms with E-state index in [1.54, 1.807) is 29.5 Å². The number of carbonyl (C=O) groups is 1. The Bertz CT molecular complexity index is 565. The highest BCUT2D eigenvalue weighted by molar-refractivity contribution is 7.09. The molecule has 0 saturated heterocycles. The number of benzene rings is 1. The Kier molecular flexibility index (Phi) is 4.65. The van der Waals surface area contributed by atoms with E-state index in [0.717, 1.165) is 17.7 Å². The SMILES string of the molecule is Cc1ncsc1CCOCc1cccc(C(=O)O)c1. The van der Waals surface area contributed by atoms with Gasteiger partial charge in [-0.05, 0) is 24.6 Å². The topological polar surface area (TPSA) is 59.4 Å². The zero-order valence-electron chi connectivity index (χ0n) is 10.6. The van der Waals surface area contributed by atoms with Gasteiger partial charge in [0.05, 0.1) is 30.0 Å². The predicted molar refractivity (Wildman–Crippen MR) is 73.6 cm³/mol. The van der Waals surface area contributed by atoms with Crippen molar-refractivity contribution in [3.8, 4) is 0 Å². The Morgan fingerprint density at radius 3 is 3.00 bits per heavy atom. The monoisotopic (exact) mass is 277 g/mol. The van der Waals surface area contributed by atoms with Crippen LogP contribution >= 0.6 is 11.3 Å². The first kappa shape index (κ1) is 13.7. The molecule has 1 heterocycles. The van der Waals surface area contributed by atoms with Crippen molar-refractivity contribution in [1.82, 2.24) is 4.98 Å². The van der Waals surface area contributed by atoms with Crippen molar-refractivity contribution in [3.05, 3.63) is 51.5 Å². The van der Waals surface area contributed by atoms with Gasteiger partial charge in [0.2, 0.25) is 0 Å². The van der Waals surface area contributed by atoms with Gasteiger partial charge in [0, 0.05) is 11.3 Å². The molecule has 0 saturated carbocycles. The van der Waals surface area contributed by atoms with Gasteiger partial charge in [0.25, 0.3) is 0 Å². The minimum atomic E-state index is -0.915. The molecule has 0 bridgehead atoms. The highest BCUT2D eigenvalue weighted by Crippen LogP contribution is 2.13. The smallest absolute Gasteiger partial charge is 0.335 e. The van der Waals surface area contributed by atoms with Gasteiger partial charge in [-0.15, -0.1) is 11.3 Å². The fourth-order valence-corrected chi connectivity index (χ4v) is 2.48. The second kappa shape index (κ2) is 6.45. The molecule has 0 radical (unpaired) electrons. The summed E-state index contributed by atoms with van der Waals surface area (Å²) in [6.07, 6.45) is 0.842. The normalized spacial score (nSPS) is 10.6. The molecular weight excluding hydrogens is 262 g/mol. The third-order valence-corrected chi connectivity index (χ3v) is 3.76. The number of aromatic nitrogens is 1. The molecule has 0 atom stereocenters. The number of ether oxygens (including phenoxy) is 1. The summed E-state index contributed by atoms with van der Waals surface area (Å²) < 4.78 is 5.57. The zero-order valence-corrected chi connectivity index (χ0v) is 11.4. The zero-order chi connectivity index (χ0) is 13.7. The second-order valence-corrected chi connectivity index (χ2v) is 5.11. The molecule has 2 aromatic rings. The third kappa shape index (κ3) is 3.87. The molecule has 0 unspecified atom stereocenters. The summed E-state index contributed by atoms with van der Waals surface area (Å²) in [6.45, 7) is 3.03. The van der Waals surface area contributed by atoms with Crippen molar-refractivity contribution in [2.75, 3.05) is 6.61 Å². The van der Waals surface area contributed by atoms with Gasteiger partial charge < -0.3 is 9.84 Å². The lowest BCUT2D eigenvalue weighted by molar-refractivity contribution is 0.0696. The van der Waals surface area contributed by atoms with Crippen LogP contribution in [0.25, 0.3) is 0 Å². The standard InChI is InChI=1S/C14H15NO3S/c1-10-13(19-9-15-10)5-6-18-8-11-3-2-4-12(7-11)14(16)17/h2-4,7,9H,5-6,8H2,1H3,(H,16,17). The summed E-state index contributed by atoms with van der Waals surface area (Å²) in [5.41, 5.74) is 4.06. The fourth-order valence-electron chi connectivity index (χ4n) is 1.72. The van der Waals surface area contributed by atoms with Gasteiger partial charge in [-0.3, -0.25) is 0 Å². The summed E-state index contributed by atoms with van der Waals surface area (Å²) in [5, 5.41) is 8.89. The van der Waals surface area contributed by atoms with E-state index in [2.05, 4.69) is 4.98 Å². The van der Waals surface area contributed by atoms with Gasteiger partial charge in [-0.2, -0.15) is 0 Å². The molecule has 19 heavy (non-hydrogen) atoms. The third-order valence-electron chi connectivity index (χ3n) is 2.76. The van der Waals surface area contributed by atoms with E-state index >= 15 is 0 Å². The van der Waals surface area contributed by atoms with Crippen molar-refractivity contribution in [2.24, 2.45) is 0 Å². The number of carboxylic acids is 1. The minimum Gasteiger partial charge on any atom is -0.478 e. The Morgan fingerprint density at radius 1 is 1.47 bits per heavy atom. The number of rotatable bonds is 6. The van der Waals surface area contributed by atoms with Crippen molar-refractivity contribution < 1.29 is 14.6 Å². The molecular formula is C14H15NO3S. The lowest BCUT2D eigenvalue weighted by Gasteiger charge is -2.05. The van der Waals surface area contributed by atoms with Crippen LogP contribution in [0.5, 0.6) is 0 Å². The van der Waals surface area contributed by atoms with Crippen LogP contribution in [0.1, 0.15) is 26.5 Å². The number of thiazole rings is 1. The molecule has 0 spiro atoms. The number of aryl methyl sites for hydroxylation is 1. The van der Waals surface area contributed by atoms with Crippen LogP contribution in [0.4, 0.5) is 0 Å². The van der Waals surface area contributed by atoms with Crippen LogP contribution in [0.15, 0.2) is 29.8 Å². The van der Waals surface area contributed by atoms with Crippen LogP contribution in [-0.4, -0.2) is 22.7 Å². The summed E-state index contributed by atoms with van der Waals surface area (Å²) in [4.78, 5) is 16.2. The molecule has 0 aliphatic carbocycles. The molecule has 0 aliphatic rings. The number of nitrogens with zero attached hydrogens (tertiary/aromatic N) is 1. The summed E-state index contributed by atoms with van der Waals surface area (Å²) >= 11 is 1.63. The maximum Gasteiger partial charge on any atom is 0.335 e. The highest BCUT2D eigenvalue weighted by atomic mass is 32.1. The van der Waals surface area contributed by atoms with Gasteiger partial charge in [0.15, 0.2) is 0 Å². The maximum absolute atomic E-state index is 10.8. The Balaban J connectivity index is 1.81. The van der Waals surface area contributed by atoms with Gasteiger partial charge in [-0.25, -0.2) is 9.78 Å². The summed E-state index contributed by atoms with van der Waals surface area (Å²) in [6, 6.07) is 6.81. The Labute approximate surface area is 115 Å². The van der Waals surface area contributed by atoms with E-state index in [1.807, 2.05) is 18.5 Å². The molecule has 1 N–H and O–H groups in total. The van der Waals surface area contributed by atoms with Crippen molar-refractivity contribution in [2.45, 2.75) is 20.0 Å². The lowest BCUT2D eigenvalue weighted by Crippen LogP contribution is -2.01. The van der Waals surface area contributed by atoms with Crippen LogP contribution in [0.3, 0.4) is 0 Å². The maximum atomic E-state index is 10.8. The number of hydrogen-bond donors (Lipinski definition) is 1. The average molecular weight is 277 g/mol. The lowest BCUT2D eigenvalue weighted by atomic mass is 10.1. The van der Waals surface area contributed by atoms with Crippen molar-refractivity contribution >= 4 is 17.3 Å². The molecule has 1 aromatic heterocycles. The number of carboxylic acid groups (broad SMARTS) is 1. The quantitative estimate of drug-likeness (QED) is 0.825. The Hall–Kier alpha value is -1.72. The van der Waals surface area contributed by atoms with Crippen LogP contribution in [0.2, 0.25) is 0 Å². The van der Waals surface area contributed by atoms with Crippen molar-refractivity contribution in [3.63, 3.8) is 0 Å². The molecule has 0 amide bonds. The Morgan fingerprint density at radius 2 is 2.32 bits per heavy atom. The molecule has 4 nitrogen and oxygen atoms in total. The second-order valence-electron chi connectivity index (χ2n) is 4.17. The van der Waals surface area contributed by atoms with Crippen molar-refractivity contribution in [1.29, 1.82) is 0 Å². The van der Waals surface area contributed by atoms with Crippen LogP contribution in [-0.2, 0) is 17.8 Å². The molecule has 100 valence electrons. The fraction of sp³-hybridized carbons (Fsp3) is 0.286. The molecule has 5 heteroatoms. The first-order chi connectivity index (χ1) is 9.16. The van der Waals surface area contributed by atoms with E-state index in [0.29, 0.717) is 18.8 Å². The van der Waals surface area contributed by atoms with Crippen LogP contribution in [0, 0.1) is 6.92 Å². The average Bonchev–Trinajstić information content (AvgIpc) is 2.81. The molecule has 0 aliphatic heterocycles. The van der Waals surface area contributed by atoms with E-state index < -0.39 is 5.97 Å². The summed E-state index contributed by atoms with van der Waals surface area (Å²) in [7, 11) is 0. The first-order valence-corrected chi connectivity index (χ1v) is 6.83. The number of aromatic carboxylic acids is 1. The largest absolute Gasteiger partial charge is 0.478 e. The first-order valence-electron chi connectivity index (χ1n) is 5.96. The van der Waals surface area contributed by atoms with E-state index in [4.69, 9.17) is 9.84 Å². The number of hydrogen-bond acceptors (Lipinski definition) is 4. The highest BCUT2D eigenvalue weighted by Gasteiger charge is 2.04. The molecule has 1 aromatic carbocycles. The van der Waals surface area contributed by atoms with E-state index in [1.165, 1.54) is 4.88 Å². The van der Waals surface area contributed by atoms with Crippen LogP contribution < -0.4 is 0 Å². The van der Waals surface area contributed by atoms with E-state index in [9.17, 15) is 4.79 Å². The minimum absolute atomic E-state index is 0.291. The predicted octanol–water partition coefficient (Wildman–Crippen LogP) is 2.91. The molecule has 2 rings (SSSR count). The summed E-state index contributed by atoms with van der Waals surface area (Å²) in [5.74, 6) is -0.915. The van der Waals surface area contributed by atoms with Gasteiger partial charge in [0.1, 0.15) is 0 Å². The van der Waals surface area contributed by atoms with E-state index in [-0.39, 0.29) is 0 Å². The molecule has 0 fully saturated rings. The van der Waals surface area contributed by atoms with Gasteiger partial charge in [-0.1, -0.05) is 12.1 Å². The van der Waals surface area contributed by atoms with Gasteiger partial charge >= 0.3 is 5.97 Å².